The topological polar surface area (TPSA) is 52.7 Å². The van der Waals surface area contributed by atoms with Crippen LogP contribution in [0.3, 0.4) is 0 Å². The van der Waals surface area contributed by atoms with E-state index in [-0.39, 0.29) is 18.0 Å². The van der Waals surface area contributed by atoms with Crippen LogP contribution < -0.4 is 10.2 Å². The van der Waals surface area contributed by atoms with E-state index in [1.807, 2.05) is 60.4 Å². The molecule has 1 heterocycles. The molecule has 6 rings (SSSR count). The zero-order valence-electron chi connectivity index (χ0n) is 28.9. The highest BCUT2D eigenvalue weighted by molar-refractivity contribution is 8.00. The molecule has 1 unspecified atom stereocenters. The Morgan fingerprint density at radius 2 is 1.28 bits per heavy atom. The highest BCUT2D eigenvalue weighted by Crippen LogP contribution is 2.48. The van der Waals surface area contributed by atoms with Crippen molar-refractivity contribution in [3.05, 3.63) is 168 Å². The average Bonchev–Trinajstić information content (AvgIpc) is 3.18. The largest absolute Gasteiger partial charge is 0.326 e. The average molecular weight is 682 g/mol. The van der Waals surface area contributed by atoms with Crippen LogP contribution in [0, 0.1) is 0 Å². The van der Waals surface area contributed by atoms with E-state index in [0.717, 1.165) is 55.7 Å². The van der Waals surface area contributed by atoms with Crippen molar-refractivity contribution >= 4 is 35.0 Å². The summed E-state index contributed by atoms with van der Waals surface area (Å²) >= 11 is 1.81. The van der Waals surface area contributed by atoms with E-state index in [1.54, 1.807) is 11.8 Å². The molecule has 256 valence electrons. The van der Waals surface area contributed by atoms with Crippen LogP contribution in [0.2, 0.25) is 0 Å². The molecule has 5 aromatic rings. The predicted octanol–water partition coefficient (Wildman–Crippen LogP) is 9.54. The fourth-order valence-electron chi connectivity index (χ4n) is 7.17. The molecule has 1 aliphatic rings. The van der Waals surface area contributed by atoms with Gasteiger partial charge in [0.05, 0.1) is 10.9 Å². The Labute approximate surface area is 301 Å². The van der Waals surface area contributed by atoms with Gasteiger partial charge < -0.3 is 5.32 Å². The van der Waals surface area contributed by atoms with Crippen molar-refractivity contribution in [2.45, 2.75) is 56.4 Å². The summed E-state index contributed by atoms with van der Waals surface area (Å²) in [5.74, 6) is 0.797. The molecule has 1 N–H and O–H groups in total. The van der Waals surface area contributed by atoms with Crippen molar-refractivity contribution in [2.24, 2.45) is 0 Å². The summed E-state index contributed by atoms with van der Waals surface area (Å²) < 4.78 is -0.459. The third-order valence-corrected chi connectivity index (χ3v) is 11.2. The van der Waals surface area contributed by atoms with Crippen LogP contribution in [0.5, 0.6) is 0 Å². The Kier molecular flexibility index (Phi) is 12.2. The van der Waals surface area contributed by atoms with Gasteiger partial charge in [-0.2, -0.15) is 0 Å². The second-order valence-electron chi connectivity index (χ2n) is 12.8. The molecular formula is C44H47N3O2S. The molecule has 1 saturated heterocycles. The number of thioether (sulfide) groups is 1. The standard InChI is InChI=1S/C44H47N3O2S/c1-2-43(49)47(39-26-13-6-14-27-39)42-29-17-18-32-46(42)33-30-35-19-15-16-28-40(35)45-41(48)31-34-50-44(36-20-7-3-8-21-36,37-22-9-4-10-23-37)38-24-11-5-12-25-38/h3-16,19-28,42H,2,17-18,29-34H2,1H3,(H,45,48). The maximum atomic E-state index is 13.6. The number of hydrogen-bond donors (Lipinski definition) is 1. The molecule has 1 fully saturated rings. The Morgan fingerprint density at radius 3 is 1.86 bits per heavy atom. The Hall–Kier alpha value is -4.65. The lowest BCUT2D eigenvalue weighted by molar-refractivity contribution is -0.120. The summed E-state index contributed by atoms with van der Waals surface area (Å²) in [6, 6.07) is 50.0. The van der Waals surface area contributed by atoms with Crippen molar-refractivity contribution in [3.8, 4) is 0 Å². The molecule has 50 heavy (non-hydrogen) atoms. The van der Waals surface area contributed by atoms with Crippen molar-refractivity contribution in [1.29, 1.82) is 0 Å². The number of carbonyl (C=O) groups excluding carboxylic acids is 2. The van der Waals surface area contributed by atoms with Gasteiger partial charge >= 0.3 is 0 Å². The first-order chi connectivity index (χ1) is 24.6. The Bertz CT molecular complexity index is 1700. The maximum Gasteiger partial charge on any atom is 0.228 e. The molecule has 5 aromatic carbocycles. The van der Waals surface area contributed by atoms with Gasteiger partial charge in [0.25, 0.3) is 0 Å². The molecule has 1 atom stereocenters. The number of piperidine rings is 1. The van der Waals surface area contributed by atoms with Crippen LogP contribution in [0.4, 0.5) is 11.4 Å². The van der Waals surface area contributed by atoms with Crippen molar-refractivity contribution in [2.75, 3.05) is 29.1 Å². The van der Waals surface area contributed by atoms with Crippen molar-refractivity contribution in [1.82, 2.24) is 4.90 Å². The fourth-order valence-corrected chi connectivity index (χ4v) is 8.67. The summed E-state index contributed by atoms with van der Waals surface area (Å²) in [6.45, 7) is 3.69. The number of rotatable bonds is 14. The van der Waals surface area contributed by atoms with Crippen LogP contribution in [0.25, 0.3) is 0 Å². The highest BCUT2D eigenvalue weighted by atomic mass is 32.2. The van der Waals surface area contributed by atoms with Crippen LogP contribution >= 0.6 is 11.8 Å². The Morgan fingerprint density at radius 1 is 0.740 bits per heavy atom. The molecular weight excluding hydrogens is 635 g/mol. The zero-order chi connectivity index (χ0) is 34.6. The first-order valence-corrected chi connectivity index (χ1v) is 18.9. The summed E-state index contributed by atoms with van der Waals surface area (Å²) in [5.41, 5.74) is 6.50. The smallest absolute Gasteiger partial charge is 0.228 e. The first-order valence-electron chi connectivity index (χ1n) is 17.9. The third kappa shape index (κ3) is 8.20. The number of anilines is 2. The third-order valence-electron chi connectivity index (χ3n) is 9.63. The van der Waals surface area contributed by atoms with Crippen LogP contribution in [-0.2, 0) is 20.8 Å². The van der Waals surface area contributed by atoms with E-state index in [2.05, 4.69) is 107 Å². The zero-order valence-corrected chi connectivity index (χ0v) is 29.7. The summed E-state index contributed by atoms with van der Waals surface area (Å²) in [5, 5.41) is 3.26. The molecule has 0 spiro atoms. The maximum absolute atomic E-state index is 13.6. The number of para-hydroxylation sites is 2. The molecule has 1 aliphatic heterocycles. The molecule has 6 heteroatoms. The van der Waals surface area contributed by atoms with E-state index >= 15 is 0 Å². The summed E-state index contributed by atoms with van der Waals surface area (Å²) in [4.78, 5) is 31.3. The highest BCUT2D eigenvalue weighted by Gasteiger charge is 2.37. The lowest BCUT2D eigenvalue weighted by Gasteiger charge is -2.42. The van der Waals surface area contributed by atoms with Gasteiger partial charge in [-0.3, -0.25) is 19.4 Å². The van der Waals surface area contributed by atoms with Crippen LogP contribution in [0.15, 0.2) is 146 Å². The van der Waals surface area contributed by atoms with Gasteiger partial charge in [-0.1, -0.05) is 134 Å². The van der Waals surface area contributed by atoms with Crippen LogP contribution in [-0.4, -0.2) is 41.7 Å². The van der Waals surface area contributed by atoms with Crippen molar-refractivity contribution in [3.63, 3.8) is 0 Å². The summed E-state index contributed by atoms with van der Waals surface area (Å²) in [7, 11) is 0. The first kappa shape index (κ1) is 35.2. The number of carbonyl (C=O) groups is 2. The van der Waals surface area contributed by atoms with E-state index in [4.69, 9.17) is 0 Å². The molecule has 0 radical (unpaired) electrons. The van der Waals surface area contributed by atoms with Gasteiger partial charge in [-0.15, -0.1) is 11.8 Å². The minimum absolute atomic E-state index is 0.00711. The second kappa shape index (κ2) is 17.3. The van der Waals surface area contributed by atoms with E-state index < -0.39 is 4.75 Å². The molecule has 0 aromatic heterocycles. The van der Waals surface area contributed by atoms with E-state index in [1.165, 1.54) is 16.7 Å². The van der Waals surface area contributed by atoms with Gasteiger partial charge in [0.1, 0.15) is 0 Å². The molecule has 2 amide bonds. The second-order valence-corrected chi connectivity index (χ2v) is 14.1. The molecule has 0 bridgehead atoms. The van der Waals surface area contributed by atoms with Gasteiger partial charge in [-0.05, 0) is 66.1 Å². The normalized spacial score (nSPS) is 14.9. The monoisotopic (exact) mass is 681 g/mol. The van der Waals surface area contributed by atoms with Gasteiger partial charge in [0, 0.05) is 43.1 Å². The SMILES string of the molecule is CCC(=O)N(c1ccccc1)C1CCCCN1CCc1ccccc1NC(=O)CCSC(c1ccccc1)(c1ccccc1)c1ccccc1. The number of hydrogen-bond acceptors (Lipinski definition) is 4. The van der Waals surface area contributed by atoms with Gasteiger partial charge in [0.15, 0.2) is 0 Å². The van der Waals surface area contributed by atoms with Gasteiger partial charge in [-0.25, -0.2) is 0 Å². The number of benzene rings is 5. The van der Waals surface area contributed by atoms with Crippen LogP contribution in [0.1, 0.15) is 61.3 Å². The number of amides is 2. The number of nitrogens with zero attached hydrogens (tertiary/aromatic N) is 2. The number of likely N-dealkylation sites (tertiary alicyclic amines) is 1. The van der Waals surface area contributed by atoms with E-state index in [0.29, 0.717) is 18.6 Å². The van der Waals surface area contributed by atoms with E-state index in [9.17, 15) is 9.59 Å². The minimum atomic E-state index is -0.459. The molecule has 0 aliphatic carbocycles. The lowest BCUT2D eigenvalue weighted by atomic mass is 9.84. The Balaban J connectivity index is 1.15. The minimum Gasteiger partial charge on any atom is -0.326 e. The van der Waals surface area contributed by atoms with Crippen molar-refractivity contribution < 1.29 is 9.59 Å². The molecule has 0 saturated carbocycles. The quantitative estimate of drug-likeness (QED) is 0.119. The molecule has 5 nitrogen and oxygen atoms in total. The number of nitrogens with one attached hydrogen (secondary N) is 1. The predicted molar refractivity (Wildman–Crippen MR) is 208 cm³/mol. The van der Waals surface area contributed by atoms with Gasteiger partial charge in [0.2, 0.25) is 11.8 Å². The fraction of sp³-hybridized carbons (Fsp3) is 0.273. The summed E-state index contributed by atoms with van der Waals surface area (Å²) in [6.07, 6.45) is 4.83. The lowest BCUT2D eigenvalue weighted by Crippen LogP contribution is -2.54.